The second kappa shape index (κ2) is 12.5. The number of amidine groups is 1. The lowest BCUT2D eigenvalue weighted by Crippen LogP contribution is -2.51. The molecule has 0 aromatic heterocycles. The maximum absolute atomic E-state index is 15.3. The third-order valence-corrected chi connectivity index (χ3v) is 12.2. The Morgan fingerprint density at radius 3 is 2.45 bits per heavy atom. The first kappa shape index (κ1) is 30.3. The van der Waals surface area contributed by atoms with Gasteiger partial charge in [-0.1, -0.05) is 109 Å². The van der Waals surface area contributed by atoms with Crippen LogP contribution >= 0.6 is 35.0 Å². The van der Waals surface area contributed by atoms with Crippen LogP contribution < -0.4 is 0 Å². The van der Waals surface area contributed by atoms with Crippen molar-refractivity contribution in [1.82, 2.24) is 4.90 Å². The summed E-state index contributed by atoms with van der Waals surface area (Å²) in [5.74, 6) is 2.00. The van der Waals surface area contributed by atoms with E-state index in [1.54, 1.807) is 18.9 Å². The summed E-state index contributed by atoms with van der Waals surface area (Å²) in [7, 11) is 1.79. The molecular formula is C37H40Cl2N2O2S. The van der Waals surface area contributed by atoms with E-state index < -0.39 is 5.54 Å². The van der Waals surface area contributed by atoms with Gasteiger partial charge in [-0.3, -0.25) is 9.69 Å². The van der Waals surface area contributed by atoms with Crippen molar-refractivity contribution in [2.24, 2.45) is 22.2 Å². The van der Waals surface area contributed by atoms with Gasteiger partial charge in [0.2, 0.25) is 0 Å². The first-order chi connectivity index (χ1) is 21.4. The molecule has 1 heterocycles. The minimum Gasteiger partial charge on any atom is -0.384 e. The number of rotatable bonds is 9. The SMILES string of the molecule is COCC1CCCC2(Cc3ccc(CCC4CC4)cc3C23N=C(SCc2ccccc2Cl)N(Cc2ccccc2Cl)C3=O)C1. The lowest BCUT2D eigenvalue weighted by atomic mass is 9.59. The Morgan fingerprint density at radius 2 is 1.73 bits per heavy atom. The highest BCUT2D eigenvalue weighted by molar-refractivity contribution is 8.13. The van der Waals surface area contributed by atoms with E-state index in [0.29, 0.717) is 23.2 Å². The predicted octanol–water partition coefficient (Wildman–Crippen LogP) is 9.24. The first-order valence-corrected chi connectivity index (χ1v) is 17.8. The largest absolute Gasteiger partial charge is 0.384 e. The summed E-state index contributed by atoms with van der Waals surface area (Å²) in [4.78, 5) is 22.9. The number of amides is 1. The number of benzene rings is 3. The van der Waals surface area contributed by atoms with Gasteiger partial charge in [-0.2, -0.15) is 0 Å². The Balaban J connectivity index is 1.34. The van der Waals surface area contributed by atoms with Gasteiger partial charge < -0.3 is 4.74 Å². The van der Waals surface area contributed by atoms with Crippen molar-refractivity contribution in [1.29, 1.82) is 0 Å². The number of thioether (sulfide) groups is 1. The van der Waals surface area contributed by atoms with E-state index in [2.05, 4.69) is 24.3 Å². The summed E-state index contributed by atoms with van der Waals surface area (Å²) in [5.41, 5.74) is 4.47. The van der Waals surface area contributed by atoms with Gasteiger partial charge >= 0.3 is 0 Å². The molecular weight excluding hydrogens is 607 g/mol. The van der Waals surface area contributed by atoms with Crippen LogP contribution in [0, 0.1) is 17.3 Å². The number of hydrogen-bond donors (Lipinski definition) is 0. The zero-order chi connectivity index (χ0) is 30.3. The standard InChI is InChI=1S/C37H40Cl2N2O2S/c1-43-23-27-7-6-18-36(20-27)21-28-17-16-26(15-14-25-12-13-25)19-31(28)37(36)34(42)41(22-29-8-2-4-10-32(29)38)35(40-37)44-24-30-9-3-5-11-33(30)39/h2-5,8-11,16-17,19,25,27H,6-7,12-15,18,20-24H2,1H3. The van der Waals surface area contributed by atoms with E-state index in [9.17, 15) is 0 Å². The number of aryl methyl sites for hydroxylation is 1. The van der Waals surface area contributed by atoms with Crippen LogP contribution in [0.2, 0.25) is 10.0 Å². The van der Waals surface area contributed by atoms with Crippen LogP contribution in [0.15, 0.2) is 71.7 Å². The Bertz CT molecular complexity index is 1590. The minimum absolute atomic E-state index is 0.0928. The van der Waals surface area contributed by atoms with Crippen LogP contribution in [0.25, 0.3) is 0 Å². The van der Waals surface area contributed by atoms with Crippen molar-refractivity contribution in [2.75, 3.05) is 13.7 Å². The number of fused-ring (bicyclic) bond motifs is 3. The van der Waals surface area contributed by atoms with Crippen molar-refractivity contribution in [3.8, 4) is 0 Å². The molecule has 0 bridgehead atoms. The minimum atomic E-state index is -0.950. The maximum atomic E-state index is 15.3. The number of ether oxygens (including phenoxy) is 1. The van der Waals surface area contributed by atoms with E-state index in [-0.39, 0.29) is 11.3 Å². The molecule has 2 spiro atoms. The van der Waals surface area contributed by atoms with Gasteiger partial charge in [-0.05, 0) is 90.3 Å². The summed E-state index contributed by atoms with van der Waals surface area (Å²) in [5, 5.41) is 2.16. The molecule has 2 fully saturated rings. The number of carbonyl (C=O) groups excluding carboxylic acids is 1. The molecule has 7 heteroatoms. The van der Waals surface area contributed by atoms with Gasteiger partial charge in [0.05, 0.1) is 6.54 Å². The van der Waals surface area contributed by atoms with Crippen molar-refractivity contribution >= 4 is 46.0 Å². The summed E-state index contributed by atoms with van der Waals surface area (Å²) in [6.07, 6.45) is 9.99. The molecule has 2 saturated carbocycles. The Morgan fingerprint density at radius 1 is 0.977 bits per heavy atom. The van der Waals surface area contributed by atoms with Gasteiger partial charge in [0, 0.05) is 34.9 Å². The molecule has 1 aliphatic heterocycles. The monoisotopic (exact) mass is 646 g/mol. The smallest absolute Gasteiger partial charge is 0.262 e. The number of nitrogens with zero attached hydrogens (tertiary/aromatic N) is 2. The molecule has 4 nitrogen and oxygen atoms in total. The molecule has 230 valence electrons. The molecule has 3 atom stereocenters. The van der Waals surface area contributed by atoms with Gasteiger partial charge in [0.15, 0.2) is 10.7 Å². The average molecular weight is 648 g/mol. The van der Waals surface area contributed by atoms with Crippen LogP contribution in [-0.2, 0) is 40.2 Å². The third-order valence-electron chi connectivity index (χ3n) is 10.4. The Labute approximate surface area is 275 Å². The number of methoxy groups -OCH3 is 1. The zero-order valence-electron chi connectivity index (χ0n) is 25.4. The Kier molecular flexibility index (Phi) is 8.60. The van der Waals surface area contributed by atoms with E-state index >= 15 is 4.79 Å². The molecule has 3 aliphatic carbocycles. The molecule has 44 heavy (non-hydrogen) atoms. The molecule has 0 radical (unpaired) electrons. The fourth-order valence-corrected chi connectivity index (χ4v) is 9.56. The molecule has 4 aliphatic rings. The van der Waals surface area contributed by atoms with Gasteiger partial charge in [0.1, 0.15) is 0 Å². The normalized spacial score (nSPS) is 26.1. The molecule has 1 amide bonds. The topological polar surface area (TPSA) is 41.9 Å². The lowest BCUT2D eigenvalue weighted by Gasteiger charge is -2.46. The van der Waals surface area contributed by atoms with Crippen molar-refractivity contribution in [3.05, 3.63) is 105 Å². The fraction of sp³-hybridized carbons (Fsp3) is 0.459. The van der Waals surface area contributed by atoms with E-state index in [1.165, 1.54) is 30.4 Å². The highest BCUT2D eigenvalue weighted by Crippen LogP contribution is 2.63. The van der Waals surface area contributed by atoms with Crippen LogP contribution in [0.5, 0.6) is 0 Å². The van der Waals surface area contributed by atoms with Crippen LogP contribution in [0.1, 0.15) is 72.8 Å². The van der Waals surface area contributed by atoms with Gasteiger partial charge in [-0.15, -0.1) is 0 Å². The number of hydrogen-bond acceptors (Lipinski definition) is 4. The number of carbonyl (C=O) groups is 1. The van der Waals surface area contributed by atoms with Gasteiger partial charge in [0.25, 0.3) is 5.91 Å². The highest BCUT2D eigenvalue weighted by atomic mass is 35.5. The van der Waals surface area contributed by atoms with Gasteiger partial charge in [-0.25, -0.2) is 4.99 Å². The first-order valence-electron chi connectivity index (χ1n) is 16.0. The number of aliphatic imine (C=N–C) groups is 1. The maximum Gasteiger partial charge on any atom is 0.262 e. The summed E-state index contributed by atoms with van der Waals surface area (Å²) >= 11 is 14.9. The summed E-state index contributed by atoms with van der Waals surface area (Å²) in [6, 6.07) is 22.7. The molecule has 3 aromatic rings. The van der Waals surface area contributed by atoms with E-state index in [4.69, 9.17) is 32.9 Å². The average Bonchev–Trinajstić information content (AvgIpc) is 3.77. The Hall–Kier alpha value is -2.31. The summed E-state index contributed by atoms with van der Waals surface area (Å²) in [6.45, 7) is 1.11. The van der Waals surface area contributed by atoms with E-state index in [0.717, 1.165) is 77.9 Å². The number of halogens is 2. The van der Waals surface area contributed by atoms with Crippen molar-refractivity contribution < 1.29 is 9.53 Å². The highest BCUT2D eigenvalue weighted by Gasteiger charge is 2.67. The van der Waals surface area contributed by atoms with E-state index in [1.807, 2.05) is 47.4 Å². The van der Waals surface area contributed by atoms with Crippen molar-refractivity contribution in [2.45, 2.75) is 75.6 Å². The predicted molar refractivity (Wildman–Crippen MR) is 181 cm³/mol. The van der Waals surface area contributed by atoms with Crippen LogP contribution in [-0.4, -0.2) is 29.7 Å². The lowest BCUT2D eigenvalue weighted by molar-refractivity contribution is -0.138. The second-order valence-electron chi connectivity index (χ2n) is 13.3. The van der Waals surface area contributed by atoms with Crippen LogP contribution in [0.3, 0.4) is 0 Å². The van der Waals surface area contributed by atoms with Crippen LogP contribution in [0.4, 0.5) is 0 Å². The fourth-order valence-electron chi connectivity index (χ4n) is 8.04. The molecule has 3 aromatic carbocycles. The zero-order valence-corrected chi connectivity index (χ0v) is 27.7. The molecule has 0 saturated heterocycles. The summed E-state index contributed by atoms with van der Waals surface area (Å²) < 4.78 is 5.69. The molecule has 0 N–H and O–H groups in total. The quantitative estimate of drug-likeness (QED) is 0.233. The second-order valence-corrected chi connectivity index (χ2v) is 15.1. The van der Waals surface area contributed by atoms with Crippen molar-refractivity contribution in [3.63, 3.8) is 0 Å². The molecule has 7 rings (SSSR count). The third kappa shape index (κ3) is 5.53. The molecule has 3 unspecified atom stereocenters.